The van der Waals surface area contributed by atoms with Gasteiger partial charge in [-0.25, -0.2) is 4.79 Å². The zero-order valence-corrected chi connectivity index (χ0v) is 23.1. The lowest BCUT2D eigenvalue weighted by Crippen LogP contribution is -2.10. The fourth-order valence-corrected chi connectivity index (χ4v) is 4.85. The van der Waals surface area contributed by atoms with Gasteiger partial charge >= 0.3 is 5.97 Å². The van der Waals surface area contributed by atoms with E-state index >= 15 is 0 Å². The predicted molar refractivity (Wildman–Crippen MR) is 149 cm³/mol. The van der Waals surface area contributed by atoms with Gasteiger partial charge in [-0.15, -0.1) is 0 Å². The second-order valence-electron chi connectivity index (χ2n) is 9.11. The molecule has 0 saturated heterocycles. The Kier molecular flexibility index (Phi) is 7.13. The average Bonchev–Trinajstić information content (AvgIpc) is 3.48. The van der Waals surface area contributed by atoms with Crippen LogP contribution in [0.15, 0.2) is 54.4 Å². The maximum absolute atomic E-state index is 13.3. The summed E-state index contributed by atoms with van der Waals surface area (Å²) < 4.78 is 35.1. The molecule has 3 aromatic carbocycles. The molecule has 1 aliphatic rings. The van der Waals surface area contributed by atoms with Gasteiger partial charge in [0.25, 0.3) is 0 Å². The van der Waals surface area contributed by atoms with Crippen LogP contribution in [0.1, 0.15) is 38.8 Å². The number of ether oxygens (including phenoxy) is 6. The number of Topliss-reactive ketones (excluding diaryl/α,β-unsaturated/α-hetero) is 1. The summed E-state index contributed by atoms with van der Waals surface area (Å²) in [5.41, 5.74) is 3.11. The van der Waals surface area contributed by atoms with Crippen LogP contribution in [0, 0.1) is 6.92 Å². The van der Waals surface area contributed by atoms with E-state index in [2.05, 4.69) is 11.5 Å². The topological polar surface area (TPSA) is 94.5 Å². The lowest BCUT2D eigenvalue weighted by atomic mass is 10.0. The lowest BCUT2D eigenvalue weighted by Gasteiger charge is -2.14. The molecule has 0 unspecified atom stereocenters. The first-order valence-corrected chi connectivity index (χ1v) is 12.6. The largest absolute Gasteiger partial charge is 0.497 e. The Hall–Kier alpha value is -4.92. The highest BCUT2D eigenvalue weighted by molar-refractivity contribution is 6.16. The molecule has 0 atom stereocenters. The van der Waals surface area contributed by atoms with E-state index < -0.39 is 5.97 Å². The predicted octanol–water partition coefficient (Wildman–Crippen LogP) is 5.84. The average molecular weight is 544 g/mol. The van der Waals surface area contributed by atoms with Crippen LogP contribution < -0.4 is 28.4 Å². The standard InChI is InChI=1S/C31H29NO8/c1-7-32-16-19(22-14-20(35-3)8-9-23(22)32)13-25-29(33)28-17(2)10-21(15-24(28)40-25)39-31(34)18-11-26(36-4)30(38-6)27(12-18)37-5/h8-16H,7H2,1-6H3/b25-13-. The van der Waals surface area contributed by atoms with Gasteiger partial charge in [-0.2, -0.15) is 0 Å². The first-order chi connectivity index (χ1) is 19.3. The number of esters is 1. The molecule has 0 bridgehead atoms. The molecule has 0 N–H and O–H groups in total. The van der Waals surface area contributed by atoms with E-state index in [9.17, 15) is 9.59 Å². The molecule has 0 amide bonds. The van der Waals surface area contributed by atoms with Crippen molar-refractivity contribution in [1.29, 1.82) is 0 Å². The number of carbonyl (C=O) groups excluding carboxylic acids is 2. The van der Waals surface area contributed by atoms with Gasteiger partial charge in [0.1, 0.15) is 17.2 Å². The van der Waals surface area contributed by atoms with Crippen molar-refractivity contribution in [1.82, 2.24) is 4.57 Å². The summed E-state index contributed by atoms with van der Waals surface area (Å²) >= 11 is 0. The number of methoxy groups -OCH3 is 4. The molecule has 0 spiro atoms. The second-order valence-corrected chi connectivity index (χ2v) is 9.11. The molecular weight excluding hydrogens is 514 g/mol. The van der Waals surface area contributed by atoms with Crippen LogP contribution in [0.2, 0.25) is 0 Å². The molecule has 2 heterocycles. The van der Waals surface area contributed by atoms with Crippen LogP contribution in [0.3, 0.4) is 0 Å². The Morgan fingerprint density at radius 2 is 1.65 bits per heavy atom. The summed E-state index contributed by atoms with van der Waals surface area (Å²) in [5, 5.41) is 0.942. The molecule has 0 saturated carbocycles. The van der Waals surface area contributed by atoms with Crippen molar-refractivity contribution in [3.8, 4) is 34.5 Å². The first kappa shape index (κ1) is 26.7. The molecule has 0 radical (unpaired) electrons. The van der Waals surface area contributed by atoms with Gasteiger partial charge in [-0.05, 0) is 61.9 Å². The molecule has 1 aromatic heterocycles. The fourth-order valence-electron chi connectivity index (χ4n) is 4.85. The molecular formula is C31H29NO8. The van der Waals surface area contributed by atoms with Crippen LogP contribution in [0.5, 0.6) is 34.5 Å². The van der Waals surface area contributed by atoms with Crippen LogP contribution in [-0.2, 0) is 6.54 Å². The van der Waals surface area contributed by atoms with Crippen molar-refractivity contribution in [2.75, 3.05) is 28.4 Å². The number of aryl methyl sites for hydroxylation is 2. The number of carbonyl (C=O) groups is 2. The number of fused-ring (bicyclic) bond motifs is 2. The SMILES string of the molecule is CCn1cc(/C=C2\Oc3cc(OC(=O)c4cc(OC)c(OC)c(OC)c4)cc(C)c3C2=O)c2cc(OC)ccc21. The van der Waals surface area contributed by atoms with Gasteiger partial charge in [0.2, 0.25) is 11.5 Å². The van der Waals surface area contributed by atoms with Crippen molar-refractivity contribution in [2.24, 2.45) is 0 Å². The zero-order valence-electron chi connectivity index (χ0n) is 23.1. The molecule has 1 aliphatic heterocycles. The Labute approximate surface area is 231 Å². The third-order valence-electron chi connectivity index (χ3n) is 6.80. The number of nitrogens with zero attached hydrogens (tertiary/aromatic N) is 1. The summed E-state index contributed by atoms with van der Waals surface area (Å²) in [5.74, 6) is 1.59. The summed E-state index contributed by atoms with van der Waals surface area (Å²) in [6.07, 6.45) is 3.71. The summed E-state index contributed by atoms with van der Waals surface area (Å²) in [7, 11) is 6.03. The zero-order chi connectivity index (χ0) is 28.6. The third-order valence-corrected chi connectivity index (χ3v) is 6.80. The minimum atomic E-state index is -0.639. The highest BCUT2D eigenvalue weighted by Crippen LogP contribution is 2.40. The van der Waals surface area contributed by atoms with E-state index in [4.69, 9.17) is 28.4 Å². The minimum absolute atomic E-state index is 0.184. The van der Waals surface area contributed by atoms with Gasteiger partial charge < -0.3 is 33.0 Å². The van der Waals surface area contributed by atoms with Crippen molar-refractivity contribution >= 4 is 28.7 Å². The lowest BCUT2D eigenvalue weighted by molar-refractivity contribution is 0.0733. The smallest absolute Gasteiger partial charge is 0.343 e. The monoisotopic (exact) mass is 543 g/mol. The van der Waals surface area contributed by atoms with Crippen LogP contribution in [-0.4, -0.2) is 44.8 Å². The van der Waals surface area contributed by atoms with E-state index in [1.165, 1.54) is 39.5 Å². The number of rotatable bonds is 8. The van der Waals surface area contributed by atoms with Crippen molar-refractivity contribution in [3.05, 3.63) is 76.7 Å². The Balaban J connectivity index is 1.46. The summed E-state index contributed by atoms with van der Waals surface area (Å²) in [4.78, 5) is 26.4. The second kappa shape index (κ2) is 10.7. The van der Waals surface area contributed by atoms with Crippen LogP contribution in [0.4, 0.5) is 0 Å². The summed E-state index contributed by atoms with van der Waals surface area (Å²) in [6, 6.07) is 12.0. The Morgan fingerprint density at radius 3 is 2.27 bits per heavy atom. The molecule has 206 valence electrons. The molecule has 9 heteroatoms. The number of hydrogen-bond donors (Lipinski definition) is 0. The quantitative estimate of drug-likeness (QED) is 0.155. The number of benzene rings is 3. The molecule has 0 fully saturated rings. The van der Waals surface area contributed by atoms with Gasteiger partial charge in [-0.3, -0.25) is 4.79 Å². The third kappa shape index (κ3) is 4.59. The Morgan fingerprint density at radius 1 is 0.925 bits per heavy atom. The normalized spacial score (nSPS) is 13.2. The molecule has 40 heavy (non-hydrogen) atoms. The van der Waals surface area contributed by atoms with E-state index in [1.807, 2.05) is 24.4 Å². The number of allylic oxidation sites excluding steroid dienone is 1. The van der Waals surface area contributed by atoms with Gasteiger partial charge in [0, 0.05) is 35.3 Å². The van der Waals surface area contributed by atoms with Gasteiger partial charge in [0.15, 0.2) is 17.3 Å². The molecule has 4 aromatic rings. The van der Waals surface area contributed by atoms with Crippen molar-refractivity contribution in [2.45, 2.75) is 20.4 Å². The highest BCUT2D eigenvalue weighted by Gasteiger charge is 2.31. The maximum Gasteiger partial charge on any atom is 0.343 e. The molecule has 5 rings (SSSR count). The van der Waals surface area contributed by atoms with E-state index in [0.717, 1.165) is 28.8 Å². The number of ketones is 1. The minimum Gasteiger partial charge on any atom is -0.497 e. The van der Waals surface area contributed by atoms with Crippen LogP contribution >= 0.6 is 0 Å². The summed E-state index contributed by atoms with van der Waals surface area (Å²) in [6.45, 7) is 4.59. The fraction of sp³-hybridized carbons (Fsp3) is 0.226. The van der Waals surface area contributed by atoms with Crippen molar-refractivity contribution < 1.29 is 38.0 Å². The number of aromatic nitrogens is 1. The van der Waals surface area contributed by atoms with Gasteiger partial charge in [0.05, 0.1) is 39.6 Å². The van der Waals surface area contributed by atoms with E-state index in [0.29, 0.717) is 34.1 Å². The van der Waals surface area contributed by atoms with Crippen LogP contribution in [0.25, 0.3) is 17.0 Å². The van der Waals surface area contributed by atoms with Gasteiger partial charge in [-0.1, -0.05) is 0 Å². The number of hydrogen-bond acceptors (Lipinski definition) is 8. The maximum atomic E-state index is 13.3. The first-order valence-electron chi connectivity index (χ1n) is 12.6. The molecule has 9 nitrogen and oxygen atoms in total. The van der Waals surface area contributed by atoms with E-state index in [-0.39, 0.29) is 22.9 Å². The van der Waals surface area contributed by atoms with Crippen molar-refractivity contribution in [3.63, 3.8) is 0 Å². The molecule has 0 aliphatic carbocycles. The highest BCUT2D eigenvalue weighted by atomic mass is 16.5. The van der Waals surface area contributed by atoms with E-state index in [1.54, 1.807) is 26.2 Å². The Bertz CT molecular complexity index is 1660.